The third kappa shape index (κ3) is 2.20. The average Bonchev–Trinajstić information content (AvgIpc) is 2.70. The molecular formula is C12H11FNO3S-. The number of benzene rings is 1. The first kappa shape index (κ1) is 12.9. The number of carbonyl (C=O) groups excluding carboxylic acids is 2. The predicted octanol–water partition coefficient (Wildman–Crippen LogP) is 0.538. The normalized spacial score (nSPS) is 21.1. The van der Waals surface area contributed by atoms with Crippen molar-refractivity contribution in [2.24, 2.45) is 0 Å². The Kier molecular flexibility index (Phi) is 3.56. The standard InChI is InChI=1S/C12H12FNO3S/c1-7(12(16)17)14-10(15)6-18-11(14)8-4-2-3-5-9(8)13/h2-5,7,11H,6H2,1H3,(H,16,17)/p-1/t7-,11+/m1/s1. The molecule has 1 aliphatic heterocycles. The molecule has 0 aromatic heterocycles. The van der Waals surface area contributed by atoms with Gasteiger partial charge in [0, 0.05) is 5.56 Å². The summed E-state index contributed by atoms with van der Waals surface area (Å²) in [5.74, 6) is -1.95. The second-order valence-corrected chi connectivity index (χ2v) is 5.05. The molecule has 6 heteroatoms. The highest BCUT2D eigenvalue weighted by molar-refractivity contribution is 8.00. The SMILES string of the molecule is C[C@H](C(=O)[O-])N1C(=O)CS[C@H]1c1ccccc1F. The highest BCUT2D eigenvalue weighted by Gasteiger charge is 2.37. The Labute approximate surface area is 108 Å². The van der Waals surface area contributed by atoms with Gasteiger partial charge in [-0.15, -0.1) is 11.8 Å². The van der Waals surface area contributed by atoms with Gasteiger partial charge in [0.25, 0.3) is 0 Å². The lowest BCUT2D eigenvalue weighted by Crippen LogP contribution is -2.47. The summed E-state index contributed by atoms with van der Waals surface area (Å²) >= 11 is 1.22. The smallest absolute Gasteiger partial charge is 0.234 e. The molecule has 1 aromatic carbocycles. The van der Waals surface area contributed by atoms with Crippen LogP contribution in [0.4, 0.5) is 4.39 Å². The number of carbonyl (C=O) groups is 2. The van der Waals surface area contributed by atoms with E-state index in [2.05, 4.69) is 0 Å². The van der Waals surface area contributed by atoms with Gasteiger partial charge in [-0.1, -0.05) is 18.2 Å². The Morgan fingerprint density at radius 2 is 2.22 bits per heavy atom. The van der Waals surface area contributed by atoms with Gasteiger partial charge in [-0.3, -0.25) is 4.79 Å². The van der Waals surface area contributed by atoms with Crippen molar-refractivity contribution in [2.45, 2.75) is 18.3 Å². The van der Waals surface area contributed by atoms with E-state index < -0.39 is 23.2 Å². The van der Waals surface area contributed by atoms with E-state index in [-0.39, 0.29) is 11.7 Å². The molecule has 0 unspecified atom stereocenters. The van der Waals surface area contributed by atoms with Crippen LogP contribution in [0.15, 0.2) is 24.3 Å². The number of nitrogens with zero attached hydrogens (tertiary/aromatic N) is 1. The van der Waals surface area contributed by atoms with Gasteiger partial charge in [0.15, 0.2) is 0 Å². The number of rotatable bonds is 3. The highest BCUT2D eigenvalue weighted by atomic mass is 32.2. The maximum absolute atomic E-state index is 13.7. The zero-order valence-electron chi connectivity index (χ0n) is 9.63. The number of halogens is 1. The second kappa shape index (κ2) is 4.97. The summed E-state index contributed by atoms with van der Waals surface area (Å²) in [5, 5.41) is 10.3. The van der Waals surface area contributed by atoms with Crippen molar-refractivity contribution in [2.75, 3.05) is 5.75 Å². The summed E-state index contributed by atoms with van der Waals surface area (Å²) in [7, 11) is 0. The Balaban J connectivity index is 2.35. The number of aliphatic carboxylic acids is 1. The summed E-state index contributed by atoms with van der Waals surface area (Å²) in [4.78, 5) is 23.8. The maximum Gasteiger partial charge on any atom is 0.234 e. The van der Waals surface area contributed by atoms with Gasteiger partial charge < -0.3 is 14.8 Å². The molecule has 0 bridgehead atoms. The summed E-state index contributed by atoms with van der Waals surface area (Å²) in [6.45, 7) is 1.37. The molecule has 0 spiro atoms. The first-order valence-corrected chi connectivity index (χ1v) is 6.45. The van der Waals surface area contributed by atoms with Crippen molar-refractivity contribution < 1.29 is 19.1 Å². The Hall–Kier alpha value is -1.56. The number of amides is 1. The van der Waals surface area contributed by atoms with E-state index in [0.29, 0.717) is 5.56 Å². The van der Waals surface area contributed by atoms with E-state index >= 15 is 0 Å². The van der Waals surface area contributed by atoms with Gasteiger partial charge in [0.2, 0.25) is 5.91 Å². The fraction of sp³-hybridized carbons (Fsp3) is 0.333. The van der Waals surface area contributed by atoms with E-state index in [1.54, 1.807) is 18.2 Å². The van der Waals surface area contributed by atoms with E-state index in [1.807, 2.05) is 0 Å². The van der Waals surface area contributed by atoms with Crippen LogP contribution in [0.5, 0.6) is 0 Å². The molecule has 0 N–H and O–H groups in total. The second-order valence-electron chi connectivity index (χ2n) is 3.98. The van der Waals surface area contributed by atoms with Crippen LogP contribution in [0.25, 0.3) is 0 Å². The zero-order chi connectivity index (χ0) is 13.3. The molecule has 2 rings (SSSR count). The van der Waals surface area contributed by atoms with Crippen LogP contribution < -0.4 is 5.11 Å². The van der Waals surface area contributed by atoms with Crippen LogP contribution in [0, 0.1) is 5.82 Å². The molecule has 1 aromatic rings. The van der Waals surface area contributed by atoms with Crippen molar-refractivity contribution in [1.82, 2.24) is 4.90 Å². The van der Waals surface area contributed by atoms with Crippen LogP contribution in [0.3, 0.4) is 0 Å². The van der Waals surface area contributed by atoms with E-state index in [1.165, 1.54) is 29.7 Å². The Bertz CT molecular complexity index is 494. The maximum atomic E-state index is 13.7. The number of carboxylic acids is 1. The van der Waals surface area contributed by atoms with Crippen LogP contribution in [0.1, 0.15) is 17.9 Å². The summed E-state index contributed by atoms with van der Waals surface area (Å²) in [6, 6.07) is 4.98. The van der Waals surface area contributed by atoms with Crippen LogP contribution in [0.2, 0.25) is 0 Å². The Morgan fingerprint density at radius 3 is 2.83 bits per heavy atom. The first-order chi connectivity index (χ1) is 8.52. The summed E-state index contributed by atoms with van der Waals surface area (Å²) in [5.41, 5.74) is 0.321. The van der Waals surface area contributed by atoms with Gasteiger partial charge in [-0.05, 0) is 13.0 Å². The first-order valence-electron chi connectivity index (χ1n) is 5.40. The van der Waals surface area contributed by atoms with Crippen molar-refractivity contribution in [3.63, 3.8) is 0 Å². The van der Waals surface area contributed by atoms with Crippen molar-refractivity contribution in [1.29, 1.82) is 0 Å². The molecule has 1 fully saturated rings. The fourth-order valence-electron chi connectivity index (χ4n) is 1.88. The molecule has 0 radical (unpaired) electrons. The van der Waals surface area contributed by atoms with Gasteiger partial charge in [-0.2, -0.15) is 0 Å². The van der Waals surface area contributed by atoms with E-state index in [9.17, 15) is 19.1 Å². The van der Waals surface area contributed by atoms with Gasteiger partial charge >= 0.3 is 0 Å². The monoisotopic (exact) mass is 268 g/mol. The quantitative estimate of drug-likeness (QED) is 0.802. The molecule has 2 atom stereocenters. The van der Waals surface area contributed by atoms with Crippen molar-refractivity contribution in [3.8, 4) is 0 Å². The predicted molar refractivity (Wildman–Crippen MR) is 62.9 cm³/mol. The third-order valence-electron chi connectivity index (χ3n) is 2.83. The van der Waals surface area contributed by atoms with Crippen LogP contribution in [-0.4, -0.2) is 28.6 Å². The van der Waals surface area contributed by atoms with Crippen LogP contribution >= 0.6 is 11.8 Å². The lowest BCUT2D eigenvalue weighted by atomic mass is 10.1. The minimum atomic E-state index is -1.34. The Morgan fingerprint density at radius 1 is 1.56 bits per heavy atom. The largest absolute Gasteiger partial charge is 0.548 e. The third-order valence-corrected chi connectivity index (χ3v) is 4.05. The molecule has 96 valence electrons. The van der Waals surface area contributed by atoms with Gasteiger partial charge in [0.05, 0.1) is 17.8 Å². The van der Waals surface area contributed by atoms with Crippen LogP contribution in [-0.2, 0) is 9.59 Å². The summed E-state index contributed by atoms with van der Waals surface area (Å²) < 4.78 is 13.7. The lowest BCUT2D eigenvalue weighted by Gasteiger charge is -2.31. The molecule has 4 nitrogen and oxygen atoms in total. The van der Waals surface area contributed by atoms with Crippen molar-refractivity contribution in [3.05, 3.63) is 35.6 Å². The number of carboxylic acid groups (broad SMARTS) is 1. The highest BCUT2D eigenvalue weighted by Crippen LogP contribution is 2.40. The molecule has 18 heavy (non-hydrogen) atoms. The molecule has 1 saturated heterocycles. The van der Waals surface area contributed by atoms with Gasteiger partial charge in [0.1, 0.15) is 11.2 Å². The van der Waals surface area contributed by atoms with E-state index in [4.69, 9.17) is 0 Å². The molecule has 0 aliphatic carbocycles. The number of thioether (sulfide) groups is 1. The minimum absolute atomic E-state index is 0.149. The molecular weight excluding hydrogens is 257 g/mol. The molecule has 1 amide bonds. The minimum Gasteiger partial charge on any atom is -0.548 e. The lowest BCUT2D eigenvalue weighted by molar-refractivity contribution is -0.310. The summed E-state index contributed by atoms with van der Waals surface area (Å²) in [6.07, 6.45) is 0. The van der Waals surface area contributed by atoms with Crippen molar-refractivity contribution >= 4 is 23.6 Å². The van der Waals surface area contributed by atoms with E-state index in [0.717, 1.165) is 0 Å². The number of hydrogen-bond acceptors (Lipinski definition) is 4. The number of hydrogen-bond donors (Lipinski definition) is 0. The molecule has 1 heterocycles. The molecule has 0 saturated carbocycles. The topological polar surface area (TPSA) is 60.4 Å². The average molecular weight is 268 g/mol. The molecule has 1 aliphatic rings. The van der Waals surface area contributed by atoms with Gasteiger partial charge in [-0.25, -0.2) is 4.39 Å². The zero-order valence-corrected chi connectivity index (χ0v) is 10.4. The fourth-order valence-corrected chi connectivity index (χ4v) is 3.16.